The van der Waals surface area contributed by atoms with Gasteiger partial charge in [-0.1, -0.05) is 17.7 Å². The van der Waals surface area contributed by atoms with E-state index in [0.717, 1.165) is 6.07 Å². The number of aryl methyl sites for hydroxylation is 1. The summed E-state index contributed by atoms with van der Waals surface area (Å²) in [4.78, 5) is 14.2. The minimum absolute atomic E-state index is 0.0338. The van der Waals surface area contributed by atoms with Gasteiger partial charge >= 0.3 is 5.76 Å². The number of oxazole rings is 1. The normalized spacial score (nSPS) is 12.2. The van der Waals surface area contributed by atoms with E-state index in [9.17, 15) is 17.6 Å². The smallest absolute Gasteiger partial charge is 0.408 e. The van der Waals surface area contributed by atoms with Crippen molar-refractivity contribution in [3.8, 4) is 0 Å². The molecule has 2 aromatic carbocycles. The first-order valence-corrected chi connectivity index (χ1v) is 10.6. The van der Waals surface area contributed by atoms with Crippen LogP contribution in [0, 0.1) is 12.7 Å². The van der Waals surface area contributed by atoms with E-state index in [1.807, 2.05) is 19.0 Å². The van der Waals surface area contributed by atoms with Crippen molar-refractivity contribution in [3.63, 3.8) is 0 Å². The van der Waals surface area contributed by atoms with Gasteiger partial charge in [0.1, 0.15) is 5.82 Å². The molecule has 3 rings (SSSR count). The number of sulfone groups is 1. The largest absolute Gasteiger partial charge is 0.420 e. The van der Waals surface area contributed by atoms with Gasteiger partial charge in [0, 0.05) is 19.2 Å². The van der Waals surface area contributed by atoms with Crippen molar-refractivity contribution < 1.29 is 17.2 Å². The lowest BCUT2D eigenvalue weighted by molar-refractivity contribution is 0.374. The number of halogens is 2. The molecule has 0 bridgehead atoms. The number of nitrogens with zero attached hydrogens (tertiary/aromatic N) is 2. The number of likely N-dealkylation sites (N-methyl/N-ethyl adjacent to an activating group) is 1. The van der Waals surface area contributed by atoms with E-state index < -0.39 is 21.4 Å². The Morgan fingerprint density at radius 1 is 1.21 bits per heavy atom. The maximum absolute atomic E-state index is 13.3. The van der Waals surface area contributed by atoms with Gasteiger partial charge in [0.25, 0.3) is 0 Å². The van der Waals surface area contributed by atoms with Gasteiger partial charge in [0.15, 0.2) is 15.4 Å². The van der Waals surface area contributed by atoms with Crippen molar-refractivity contribution in [2.24, 2.45) is 0 Å². The summed E-state index contributed by atoms with van der Waals surface area (Å²) >= 11 is 5.74. The molecule has 0 amide bonds. The fraction of sp³-hybridized carbons (Fsp3) is 0.316. The highest BCUT2D eigenvalue weighted by Gasteiger charge is 2.21. The highest BCUT2D eigenvalue weighted by molar-refractivity contribution is 7.90. The van der Waals surface area contributed by atoms with Crippen LogP contribution in [0.1, 0.15) is 11.1 Å². The van der Waals surface area contributed by atoms with E-state index in [2.05, 4.69) is 0 Å². The van der Waals surface area contributed by atoms with E-state index in [-0.39, 0.29) is 21.3 Å². The number of hydrogen-bond acceptors (Lipinski definition) is 5. The standard InChI is InChI=1S/C19H20ClFN2O4S/c1-12-8-14(28(25,26)11-13-4-5-16(21)15(20)9-13)10-17-18(12)23(19(24)27-17)7-6-22(2)3/h4-5,8-10H,6-7,11H2,1-3H3. The zero-order valence-electron chi connectivity index (χ0n) is 15.7. The number of rotatable bonds is 6. The number of fused-ring (bicyclic) bond motifs is 1. The minimum atomic E-state index is -3.75. The Hall–Kier alpha value is -2.16. The average Bonchev–Trinajstić information content (AvgIpc) is 2.92. The fourth-order valence-electron chi connectivity index (χ4n) is 2.99. The van der Waals surface area contributed by atoms with Gasteiger partial charge in [-0.25, -0.2) is 17.6 Å². The van der Waals surface area contributed by atoms with Crippen LogP contribution in [-0.4, -0.2) is 38.5 Å². The summed E-state index contributed by atoms with van der Waals surface area (Å²) in [6.45, 7) is 2.80. The predicted molar refractivity (Wildman–Crippen MR) is 106 cm³/mol. The molecule has 0 spiro atoms. The second kappa shape index (κ2) is 7.69. The minimum Gasteiger partial charge on any atom is -0.408 e. The third-order valence-corrected chi connectivity index (χ3v) is 6.35. The second-order valence-corrected chi connectivity index (χ2v) is 9.31. The summed E-state index contributed by atoms with van der Waals surface area (Å²) in [6.07, 6.45) is 0. The van der Waals surface area contributed by atoms with Crippen LogP contribution < -0.4 is 5.76 Å². The molecule has 0 fully saturated rings. The predicted octanol–water partition coefficient (Wildman–Crippen LogP) is 3.23. The zero-order valence-corrected chi connectivity index (χ0v) is 17.3. The topological polar surface area (TPSA) is 72.5 Å². The summed E-state index contributed by atoms with van der Waals surface area (Å²) in [5.41, 5.74) is 1.79. The van der Waals surface area contributed by atoms with Gasteiger partial charge in [0.05, 0.1) is 21.2 Å². The molecule has 1 aromatic heterocycles. The molecule has 0 aliphatic heterocycles. The van der Waals surface area contributed by atoms with Crippen molar-refractivity contribution in [1.82, 2.24) is 9.47 Å². The van der Waals surface area contributed by atoms with Crippen molar-refractivity contribution >= 4 is 32.5 Å². The summed E-state index contributed by atoms with van der Waals surface area (Å²) < 4.78 is 45.8. The molecule has 150 valence electrons. The Morgan fingerprint density at radius 3 is 2.57 bits per heavy atom. The lowest BCUT2D eigenvalue weighted by atomic mass is 10.2. The lowest BCUT2D eigenvalue weighted by Gasteiger charge is -2.11. The van der Waals surface area contributed by atoms with Gasteiger partial charge in [-0.3, -0.25) is 4.57 Å². The van der Waals surface area contributed by atoms with Crippen LogP contribution in [0.4, 0.5) is 4.39 Å². The SMILES string of the molecule is Cc1cc(S(=O)(=O)Cc2ccc(F)c(Cl)c2)cc2oc(=O)n(CCN(C)C)c12. The van der Waals surface area contributed by atoms with Crippen LogP contribution in [0.15, 0.2) is 44.4 Å². The molecular weight excluding hydrogens is 407 g/mol. The van der Waals surface area contributed by atoms with Crippen molar-refractivity contribution in [3.05, 3.63) is 62.8 Å². The molecule has 1 heterocycles. The van der Waals surface area contributed by atoms with Crippen LogP contribution in [0.25, 0.3) is 11.1 Å². The van der Waals surface area contributed by atoms with Gasteiger partial charge in [0.2, 0.25) is 0 Å². The Labute approximate surface area is 167 Å². The molecule has 9 heteroatoms. The first-order chi connectivity index (χ1) is 13.1. The van der Waals surface area contributed by atoms with E-state index >= 15 is 0 Å². The van der Waals surface area contributed by atoms with Gasteiger partial charge in [-0.2, -0.15) is 0 Å². The molecule has 0 aliphatic carbocycles. The maximum Gasteiger partial charge on any atom is 0.420 e. The molecule has 6 nitrogen and oxygen atoms in total. The molecule has 0 aliphatic rings. The van der Waals surface area contributed by atoms with Crippen molar-refractivity contribution in [2.45, 2.75) is 24.1 Å². The average molecular weight is 427 g/mol. The molecule has 0 radical (unpaired) electrons. The Balaban J connectivity index is 2.01. The van der Waals surface area contributed by atoms with Gasteiger partial charge in [-0.05, 0) is 50.3 Å². The Kier molecular flexibility index (Phi) is 5.65. The molecular formula is C19H20ClFN2O4S. The maximum atomic E-state index is 13.3. The highest BCUT2D eigenvalue weighted by Crippen LogP contribution is 2.26. The molecule has 0 unspecified atom stereocenters. The number of benzene rings is 2. The van der Waals surface area contributed by atoms with E-state index in [1.54, 1.807) is 6.92 Å². The van der Waals surface area contributed by atoms with Crippen LogP contribution in [0.2, 0.25) is 5.02 Å². The highest BCUT2D eigenvalue weighted by atomic mass is 35.5. The lowest BCUT2D eigenvalue weighted by Crippen LogP contribution is -2.23. The van der Waals surface area contributed by atoms with Crippen LogP contribution >= 0.6 is 11.6 Å². The first kappa shape index (κ1) is 20.6. The van der Waals surface area contributed by atoms with E-state index in [0.29, 0.717) is 29.7 Å². The summed E-state index contributed by atoms with van der Waals surface area (Å²) in [5.74, 6) is -1.48. The second-order valence-electron chi connectivity index (χ2n) is 6.92. The molecule has 0 saturated carbocycles. The monoisotopic (exact) mass is 426 g/mol. The quantitative estimate of drug-likeness (QED) is 0.605. The van der Waals surface area contributed by atoms with Gasteiger partial charge < -0.3 is 9.32 Å². The van der Waals surface area contributed by atoms with Crippen LogP contribution in [0.3, 0.4) is 0 Å². The third kappa shape index (κ3) is 4.14. The summed E-state index contributed by atoms with van der Waals surface area (Å²) in [7, 11) is 0.0439. The first-order valence-electron chi connectivity index (χ1n) is 8.54. The molecule has 28 heavy (non-hydrogen) atoms. The van der Waals surface area contributed by atoms with E-state index in [4.69, 9.17) is 16.0 Å². The third-order valence-electron chi connectivity index (χ3n) is 4.40. The van der Waals surface area contributed by atoms with E-state index in [1.165, 1.54) is 28.8 Å². The number of hydrogen-bond donors (Lipinski definition) is 0. The van der Waals surface area contributed by atoms with Crippen LogP contribution in [0.5, 0.6) is 0 Å². The molecule has 3 aromatic rings. The van der Waals surface area contributed by atoms with Crippen molar-refractivity contribution in [1.29, 1.82) is 0 Å². The summed E-state index contributed by atoms with van der Waals surface area (Å²) in [5, 5.41) is -0.136. The zero-order chi connectivity index (χ0) is 20.6. The molecule has 0 atom stereocenters. The summed E-state index contributed by atoms with van der Waals surface area (Å²) in [6, 6.07) is 6.67. The number of aromatic nitrogens is 1. The fourth-order valence-corrected chi connectivity index (χ4v) is 4.63. The van der Waals surface area contributed by atoms with Crippen molar-refractivity contribution in [2.75, 3.05) is 20.6 Å². The molecule has 0 saturated heterocycles. The van der Waals surface area contributed by atoms with Gasteiger partial charge in [-0.15, -0.1) is 0 Å². The van der Waals surface area contributed by atoms with Crippen LogP contribution in [-0.2, 0) is 22.1 Å². The molecule has 0 N–H and O–H groups in total. The Bertz CT molecular complexity index is 1200. The Morgan fingerprint density at radius 2 is 1.93 bits per heavy atom.